The predicted molar refractivity (Wildman–Crippen MR) is 101 cm³/mol. The van der Waals surface area contributed by atoms with Crippen molar-refractivity contribution in [2.24, 2.45) is 0 Å². The summed E-state index contributed by atoms with van der Waals surface area (Å²) >= 11 is 0. The standard InChI is InChI=1S/C21H16F3N3O2/c22-15-5-6-18(17(24)12-15)27-20(28)14-8-9-25-19(11-14)21(29)26-10-7-13-3-1-2-4-16(13)23/h1-6,8-9,11-12H,7,10H2,(H,26,29)(H,27,28). The number of hydrogen-bond donors (Lipinski definition) is 2. The van der Waals surface area contributed by atoms with Crippen molar-refractivity contribution in [2.75, 3.05) is 11.9 Å². The molecule has 2 amide bonds. The smallest absolute Gasteiger partial charge is 0.269 e. The third-order valence-electron chi connectivity index (χ3n) is 4.07. The molecule has 0 radical (unpaired) electrons. The number of carbonyl (C=O) groups is 2. The number of rotatable bonds is 6. The van der Waals surface area contributed by atoms with Gasteiger partial charge < -0.3 is 10.6 Å². The molecule has 29 heavy (non-hydrogen) atoms. The zero-order valence-corrected chi connectivity index (χ0v) is 15.1. The van der Waals surface area contributed by atoms with Crippen molar-refractivity contribution >= 4 is 17.5 Å². The Labute approximate surface area is 164 Å². The molecule has 0 spiro atoms. The van der Waals surface area contributed by atoms with Gasteiger partial charge in [-0.25, -0.2) is 13.2 Å². The predicted octanol–water partition coefficient (Wildman–Crippen LogP) is 3.72. The molecule has 2 aromatic carbocycles. The number of halogens is 3. The molecule has 1 heterocycles. The topological polar surface area (TPSA) is 71.1 Å². The van der Waals surface area contributed by atoms with Crippen molar-refractivity contribution in [3.8, 4) is 0 Å². The molecule has 3 rings (SSSR count). The van der Waals surface area contributed by atoms with Gasteiger partial charge in [-0.05, 0) is 42.3 Å². The minimum absolute atomic E-state index is 0.0224. The van der Waals surface area contributed by atoms with E-state index in [4.69, 9.17) is 0 Å². The summed E-state index contributed by atoms with van der Waals surface area (Å²) < 4.78 is 40.2. The molecule has 8 heteroatoms. The van der Waals surface area contributed by atoms with E-state index in [1.807, 2.05) is 0 Å². The summed E-state index contributed by atoms with van der Waals surface area (Å²) in [4.78, 5) is 28.4. The van der Waals surface area contributed by atoms with Gasteiger partial charge in [-0.3, -0.25) is 14.6 Å². The van der Waals surface area contributed by atoms with E-state index in [1.165, 1.54) is 24.4 Å². The van der Waals surface area contributed by atoms with E-state index in [0.717, 1.165) is 12.1 Å². The Balaban J connectivity index is 1.63. The van der Waals surface area contributed by atoms with Gasteiger partial charge in [-0.15, -0.1) is 0 Å². The maximum atomic E-state index is 13.7. The lowest BCUT2D eigenvalue weighted by Gasteiger charge is -2.08. The fraction of sp³-hybridized carbons (Fsp3) is 0.0952. The highest BCUT2D eigenvalue weighted by molar-refractivity contribution is 6.05. The molecule has 0 unspecified atom stereocenters. The first-order valence-electron chi connectivity index (χ1n) is 8.68. The zero-order chi connectivity index (χ0) is 20.8. The van der Waals surface area contributed by atoms with Crippen LogP contribution in [0.2, 0.25) is 0 Å². The van der Waals surface area contributed by atoms with Gasteiger partial charge in [0, 0.05) is 24.4 Å². The molecule has 0 fully saturated rings. The van der Waals surface area contributed by atoms with Crippen molar-refractivity contribution in [3.05, 3.63) is 95.1 Å². The third-order valence-corrected chi connectivity index (χ3v) is 4.07. The second-order valence-corrected chi connectivity index (χ2v) is 6.11. The Morgan fingerprint density at radius 2 is 1.69 bits per heavy atom. The summed E-state index contributed by atoms with van der Waals surface area (Å²) in [5.74, 6) is -3.26. The minimum Gasteiger partial charge on any atom is -0.350 e. The largest absolute Gasteiger partial charge is 0.350 e. The van der Waals surface area contributed by atoms with Gasteiger partial charge in [-0.1, -0.05) is 18.2 Å². The summed E-state index contributed by atoms with van der Waals surface area (Å²) in [7, 11) is 0. The molecule has 1 aromatic heterocycles. The summed E-state index contributed by atoms with van der Waals surface area (Å²) in [5, 5.41) is 4.91. The van der Waals surface area contributed by atoms with Crippen LogP contribution in [0.5, 0.6) is 0 Å². The second kappa shape index (κ2) is 9.01. The molecule has 0 bridgehead atoms. The van der Waals surface area contributed by atoms with Crippen molar-refractivity contribution in [1.82, 2.24) is 10.3 Å². The summed E-state index contributed by atoms with van der Waals surface area (Å²) in [6, 6.07) is 11.6. The first-order chi connectivity index (χ1) is 13.9. The summed E-state index contributed by atoms with van der Waals surface area (Å²) in [5.41, 5.74) is 0.327. The lowest BCUT2D eigenvalue weighted by Crippen LogP contribution is -2.27. The van der Waals surface area contributed by atoms with E-state index in [1.54, 1.807) is 18.2 Å². The van der Waals surface area contributed by atoms with Crippen molar-refractivity contribution in [2.45, 2.75) is 6.42 Å². The Bertz CT molecular complexity index is 1060. The molecule has 5 nitrogen and oxygen atoms in total. The molecule has 0 saturated carbocycles. The average molecular weight is 399 g/mol. The first kappa shape index (κ1) is 20.1. The van der Waals surface area contributed by atoms with Crippen LogP contribution >= 0.6 is 0 Å². The number of amides is 2. The first-order valence-corrected chi connectivity index (χ1v) is 8.68. The SMILES string of the molecule is O=C(Nc1ccc(F)cc1F)c1ccnc(C(=O)NCCc2ccccc2F)c1. The lowest BCUT2D eigenvalue weighted by atomic mass is 10.1. The van der Waals surface area contributed by atoms with Crippen molar-refractivity contribution in [1.29, 1.82) is 0 Å². The molecule has 3 aromatic rings. The quantitative estimate of drug-likeness (QED) is 0.664. The fourth-order valence-corrected chi connectivity index (χ4v) is 2.58. The third kappa shape index (κ3) is 5.19. The van der Waals surface area contributed by atoms with Crippen LogP contribution in [0.3, 0.4) is 0 Å². The van der Waals surface area contributed by atoms with E-state index >= 15 is 0 Å². The van der Waals surface area contributed by atoms with Crippen molar-refractivity contribution < 1.29 is 22.8 Å². The number of pyridine rings is 1. The zero-order valence-electron chi connectivity index (χ0n) is 15.1. The van der Waals surface area contributed by atoms with Crippen molar-refractivity contribution in [3.63, 3.8) is 0 Å². The van der Waals surface area contributed by atoms with Crippen LogP contribution in [0.25, 0.3) is 0 Å². The van der Waals surface area contributed by atoms with Gasteiger partial charge >= 0.3 is 0 Å². The molecular formula is C21H16F3N3O2. The highest BCUT2D eigenvalue weighted by Crippen LogP contribution is 2.16. The van der Waals surface area contributed by atoms with E-state index in [0.29, 0.717) is 18.1 Å². The average Bonchev–Trinajstić information content (AvgIpc) is 2.71. The molecule has 2 N–H and O–H groups in total. The molecule has 0 aliphatic carbocycles. The highest BCUT2D eigenvalue weighted by atomic mass is 19.1. The fourth-order valence-electron chi connectivity index (χ4n) is 2.58. The number of aromatic nitrogens is 1. The maximum absolute atomic E-state index is 13.7. The highest BCUT2D eigenvalue weighted by Gasteiger charge is 2.14. The number of benzene rings is 2. The maximum Gasteiger partial charge on any atom is 0.269 e. The van der Waals surface area contributed by atoms with Crippen LogP contribution in [0, 0.1) is 17.5 Å². The van der Waals surface area contributed by atoms with E-state index in [2.05, 4.69) is 15.6 Å². The molecular weight excluding hydrogens is 383 g/mol. The van der Waals surface area contributed by atoms with E-state index in [9.17, 15) is 22.8 Å². The van der Waals surface area contributed by atoms with Gasteiger partial charge in [0.2, 0.25) is 0 Å². The Kier molecular flexibility index (Phi) is 6.23. The van der Waals surface area contributed by atoms with E-state index in [-0.39, 0.29) is 29.3 Å². The lowest BCUT2D eigenvalue weighted by molar-refractivity contribution is 0.0949. The number of anilines is 1. The van der Waals surface area contributed by atoms with Gasteiger partial charge in [0.05, 0.1) is 5.69 Å². The molecule has 0 saturated heterocycles. The number of nitrogens with zero attached hydrogens (tertiary/aromatic N) is 1. The van der Waals surface area contributed by atoms with Crippen LogP contribution in [0.1, 0.15) is 26.4 Å². The Morgan fingerprint density at radius 1 is 0.897 bits per heavy atom. The molecule has 148 valence electrons. The second-order valence-electron chi connectivity index (χ2n) is 6.11. The monoisotopic (exact) mass is 399 g/mol. The minimum atomic E-state index is -0.918. The Hall–Kier alpha value is -3.68. The summed E-state index contributed by atoms with van der Waals surface area (Å²) in [6.07, 6.45) is 1.56. The number of carbonyl (C=O) groups excluding carboxylic acids is 2. The Morgan fingerprint density at radius 3 is 2.45 bits per heavy atom. The van der Waals surface area contributed by atoms with Crippen LogP contribution in [0.4, 0.5) is 18.9 Å². The van der Waals surface area contributed by atoms with Gasteiger partial charge in [0.15, 0.2) is 0 Å². The van der Waals surface area contributed by atoms with Crippen LogP contribution in [-0.2, 0) is 6.42 Å². The van der Waals surface area contributed by atoms with Gasteiger partial charge in [0.25, 0.3) is 11.8 Å². The van der Waals surface area contributed by atoms with E-state index < -0.39 is 23.4 Å². The number of hydrogen-bond acceptors (Lipinski definition) is 3. The summed E-state index contributed by atoms with van der Waals surface area (Å²) in [6.45, 7) is 0.179. The van der Waals surface area contributed by atoms with Gasteiger partial charge in [0.1, 0.15) is 23.1 Å². The normalized spacial score (nSPS) is 10.4. The number of nitrogens with one attached hydrogen (secondary N) is 2. The van der Waals surface area contributed by atoms with Gasteiger partial charge in [-0.2, -0.15) is 0 Å². The van der Waals surface area contributed by atoms with Crippen LogP contribution < -0.4 is 10.6 Å². The van der Waals surface area contributed by atoms with Crippen LogP contribution in [0.15, 0.2) is 60.8 Å². The molecule has 0 aliphatic heterocycles. The van der Waals surface area contributed by atoms with Crippen LogP contribution in [-0.4, -0.2) is 23.3 Å². The molecule has 0 aliphatic rings. The molecule has 0 atom stereocenters.